The highest BCUT2D eigenvalue weighted by Gasteiger charge is 2.20. The van der Waals surface area contributed by atoms with E-state index in [1.807, 2.05) is 0 Å². The Kier molecular flexibility index (Phi) is 4.85. The van der Waals surface area contributed by atoms with Crippen LogP contribution in [0.15, 0.2) is 36.4 Å². The first-order valence-corrected chi connectivity index (χ1v) is 6.89. The number of benzene rings is 2. The number of ether oxygens (including phenoxy) is 2. The zero-order valence-corrected chi connectivity index (χ0v) is 12.7. The third-order valence-electron chi connectivity index (χ3n) is 3.20. The molecule has 2 rings (SSSR count). The van der Waals surface area contributed by atoms with E-state index in [1.54, 1.807) is 6.92 Å². The Bertz CT molecular complexity index is 751. The van der Waals surface area contributed by atoms with E-state index in [9.17, 15) is 19.8 Å². The van der Waals surface area contributed by atoms with Gasteiger partial charge in [-0.05, 0) is 43.3 Å². The number of carbonyl (C=O) groups excluding carboxylic acids is 2. The summed E-state index contributed by atoms with van der Waals surface area (Å²) >= 11 is 0. The topological polar surface area (TPSA) is 93.1 Å². The third kappa shape index (κ3) is 3.42. The van der Waals surface area contributed by atoms with E-state index in [2.05, 4.69) is 0 Å². The number of esters is 2. The van der Waals surface area contributed by atoms with E-state index in [0.29, 0.717) is 0 Å². The second kappa shape index (κ2) is 6.83. The van der Waals surface area contributed by atoms with Gasteiger partial charge in [-0.15, -0.1) is 0 Å². The van der Waals surface area contributed by atoms with Crippen LogP contribution in [0.3, 0.4) is 0 Å². The molecule has 0 aliphatic rings. The SMILES string of the molecule is CCOC(=O)c1ccc(O)cc1-c1cc(O)ccc1C(=O)OC. The van der Waals surface area contributed by atoms with Crippen molar-refractivity contribution in [3.05, 3.63) is 47.5 Å². The van der Waals surface area contributed by atoms with Gasteiger partial charge in [0.05, 0.1) is 24.8 Å². The Hall–Kier alpha value is -3.02. The van der Waals surface area contributed by atoms with Gasteiger partial charge in [-0.25, -0.2) is 9.59 Å². The molecule has 6 nitrogen and oxygen atoms in total. The Labute approximate surface area is 132 Å². The van der Waals surface area contributed by atoms with Crippen LogP contribution in [0.1, 0.15) is 27.6 Å². The molecule has 0 bridgehead atoms. The molecule has 0 heterocycles. The third-order valence-corrected chi connectivity index (χ3v) is 3.20. The molecule has 0 amide bonds. The fourth-order valence-corrected chi connectivity index (χ4v) is 2.18. The first-order chi connectivity index (χ1) is 11.0. The summed E-state index contributed by atoms with van der Waals surface area (Å²) in [4.78, 5) is 24.0. The number of rotatable bonds is 4. The van der Waals surface area contributed by atoms with Crippen molar-refractivity contribution in [1.82, 2.24) is 0 Å². The number of hydrogen-bond acceptors (Lipinski definition) is 6. The second-order valence-corrected chi connectivity index (χ2v) is 4.67. The molecule has 0 aromatic heterocycles. The van der Waals surface area contributed by atoms with Crippen LogP contribution in [0.25, 0.3) is 11.1 Å². The van der Waals surface area contributed by atoms with Crippen molar-refractivity contribution in [3.63, 3.8) is 0 Å². The molecule has 6 heteroatoms. The molecule has 2 aromatic rings. The minimum Gasteiger partial charge on any atom is -0.508 e. The van der Waals surface area contributed by atoms with E-state index >= 15 is 0 Å². The lowest BCUT2D eigenvalue weighted by Crippen LogP contribution is -2.09. The minimum atomic E-state index is -0.627. The lowest BCUT2D eigenvalue weighted by Gasteiger charge is -2.13. The van der Waals surface area contributed by atoms with Crippen molar-refractivity contribution in [2.45, 2.75) is 6.92 Å². The number of carbonyl (C=O) groups is 2. The molecule has 0 radical (unpaired) electrons. The molecule has 2 aromatic carbocycles. The van der Waals surface area contributed by atoms with Crippen LogP contribution >= 0.6 is 0 Å². The van der Waals surface area contributed by atoms with Gasteiger partial charge in [0.2, 0.25) is 0 Å². The molecule has 2 N–H and O–H groups in total. The molecular weight excluding hydrogens is 300 g/mol. The fraction of sp³-hybridized carbons (Fsp3) is 0.176. The molecule has 0 unspecified atom stereocenters. The largest absolute Gasteiger partial charge is 0.508 e. The molecule has 0 spiro atoms. The fourth-order valence-electron chi connectivity index (χ4n) is 2.18. The highest BCUT2D eigenvalue weighted by atomic mass is 16.5. The van der Waals surface area contributed by atoms with E-state index in [0.717, 1.165) is 0 Å². The van der Waals surface area contributed by atoms with E-state index in [1.165, 1.54) is 43.5 Å². The van der Waals surface area contributed by atoms with Crippen molar-refractivity contribution in [1.29, 1.82) is 0 Å². The molecule has 23 heavy (non-hydrogen) atoms. The lowest BCUT2D eigenvalue weighted by molar-refractivity contribution is 0.0525. The maximum atomic E-state index is 12.1. The maximum Gasteiger partial charge on any atom is 0.338 e. The molecule has 0 atom stereocenters. The van der Waals surface area contributed by atoms with Crippen LogP contribution in [-0.2, 0) is 9.47 Å². The van der Waals surface area contributed by atoms with Crippen molar-refractivity contribution >= 4 is 11.9 Å². The lowest BCUT2D eigenvalue weighted by atomic mass is 9.94. The normalized spacial score (nSPS) is 10.2. The van der Waals surface area contributed by atoms with E-state index < -0.39 is 11.9 Å². The van der Waals surface area contributed by atoms with Crippen molar-refractivity contribution in [2.75, 3.05) is 13.7 Å². The first-order valence-electron chi connectivity index (χ1n) is 6.89. The zero-order valence-electron chi connectivity index (χ0n) is 12.7. The smallest absolute Gasteiger partial charge is 0.338 e. The summed E-state index contributed by atoms with van der Waals surface area (Å²) in [5.74, 6) is -1.40. The van der Waals surface area contributed by atoms with Crippen LogP contribution in [0, 0.1) is 0 Å². The van der Waals surface area contributed by atoms with Crippen molar-refractivity contribution in [2.24, 2.45) is 0 Å². The molecule has 0 saturated carbocycles. The second-order valence-electron chi connectivity index (χ2n) is 4.67. The van der Waals surface area contributed by atoms with Crippen LogP contribution in [0.4, 0.5) is 0 Å². The summed E-state index contributed by atoms with van der Waals surface area (Å²) in [6.45, 7) is 1.86. The van der Waals surface area contributed by atoms with Crippen LogP contribution in [-0.4, -0.2) is 35.9 Å². The molecular formula is C17H16O6. The number of hydrogen-bond donors (Lipinski definition) is 2. The van der Waals surface area contributed by atoms with Crippen LogP contribution < -0.4 is 0 Å². The van der Waals surface area contributed by atoms with E-state index in [-0.39, 0.29) is 40.4 Å². The van der Waals surface area contributed by atoms with E-state index in [4.69, 9.17) is 9.47 Å². The summed E-state index contributed by atoms with van der Waals surface area (Å²) < 4.78 is 9.70. The highest BCUT2D eigenvalue weighted by Crippen LogP contribution is 2.33. The van der Waals surface area contributed by atoms with Gasteiger partial charge in [0.15, 0.2) is 0 Å². The highest BCUT2D eigenvalue weighted by molar-refractivity contribution is 6.03. The zero-order chi connectivity index (χ0) is 17.0. The van der Waals surface area contributed by atoms with Crippen molar-refractivity contribution < 1.29 is 29.3 Å². The quantitative estimate of drug-likeness (QED) is 0.843. The summed E-state index contributed by atoms with van der Waals surface area (Å²) in [6.07, 6.45) is 0. The van der Waals surface area contributed by atoms with Crippen LogP contribution in [0.5, 0.6) is 11.5 Å². The van der Waals surface area contributed by atoms with Gasteiger partial charge < -0.3 is 19.7 Å². The van der Waals surface area contributed by atoms with Crippen LogP contribution in [0.2, 0.25) is 0 Å². The predicted molar refractivity (Wildman–Crippen MR) is 82.5 cm³/mol. The standard InChI is InChI=1S/C17H16O6/c1-3-23-17(21)13-7-5-11(19)9-15(13)14-8-10(18)4-6-12(14)16(20)22-2/h4-9,18-19H,3H2,1-2H3. The average molecular weight is 316 g/mol. The number of aromatic hydroxyl groups is 2. The summed E-state index contributed by atoms with van der Waals surface area (Å²) in [5, 5.41) is 19.5. The van der Waals surface area contributed by atoms with Gasteiger partial charge in [0, 0.05) is 11.1 Å². The van der Waals surface area contributed by atoms with Gasteiger partial charge in [0.25, 0.3) is 0 Å². The van der Waals surface area contributed by atoms with Gasteiger partial charge in [-0.3, -0.25) is 0 Å². The predicted octanol–water partition coefficient (Wildman–Crippen LogP) is 2.73. The Morgan fingerprint density at radius 3 is 1.83 bits per heavy atom. The summed E-state index contributed by atoms with van der Waals surface area (Å²) in [5.41, 5.74) is 0.845. The average Bonchev–Trinajstić information content (AvgIpc) is 2.54. The van der Waals surface area contributed by atoms with Crippen molar-refractivity contribution in [3.8, 4) is 22.6 Å². The summed E-state index contributed by atoms with van der Waals surface area (Å²) in [7, 11) is 1.23. The molecule has 0 aliphatic heterocycles. The Morgan fingerprint density at radius 1 is 0.913 bits per heavy atom. The Balaban J connectivity index is 2.70. The number of methoxy groups -OCH3 is 1. The summed E-state index contributed by atoms with van der Waals surface area (Å²) in [6, 6.07) is 8.11. The van der Waals surface area contributed by atoms with Gasteiger partial charge in [0.1, 0.15) is 11.5 Å². The molecule has 0 saturated heterocycles. The monoisotopic (exact) mass is 316 g/mol. The maximum absolute atomic E-state index is 12.1. The molecule has 120 valence electrons. The Morgan fingerprint density at radius 2 is 1.39 bits per heavy atom. The van der Waals surface area contributed by atoms with Gasteiger partial charge in [-0.1, -0.05) is 0 Å². The first kappa shape index (κ1) is 16.4. The minimum absolute atomic E-state index is 0.0905. The number of phenols is 2. The van der Waals surface area contributed by atoms with Gasteiger partial charge in [-0.2, -0.15) is 0 Å². The number of phenolic OH excluding ortho intramolecular Hbond substituents is 2. The van der Waals surface area contributed by atoms with Gasteiger partial charge >= 0.3 is 11.9 Å². The molecule has 0 aliphatic carbocycles. The molecule has 0 fully saturated rings.